The Hall–Kier alpha value is -1.47. The predicted octanol–water partition coefficient (Wildman–Crippen LogP) is 0.767. The quantitative estimate of drug-likeness (QED) is 0.590. The standard InChI is InChI=1S/C8H10N2O4S/c1-5(4-11)9-8(12)6-2-3-7(15-6)10(13)14/h2-3,5,11H,4H2,1H3,(H,9,12). The molecule has 7 heteroatoms. The molecule has 0 bridgehead atoms. The second-order valence-corrected chi connectivity index (χ2v) is 4.01. The van der Waals surface area contributed by atoms with Crippen molar-refractivity contribution >= 4 is 22.2 Å². The predicted molar refractivity (Wildman–Crippen MR) is 55.0 cm³/mol. The average molecular weight is 230 g/mol. The van der Waals surface area contributed by atoms with Crippen LogP contribution in [-0.4, -0.2) is 28.6 Å². The van der Waals surface area contributed by atoms with Crippen molar-refractivity contribution in [1.29, 1.82) is 0 Å². The summed E-state index contributed by atoms with van der Waals surface area (Å²) in [7, 11) is 0. The Morgan fingerprint density at radius 1 is 1.73 bits per heavy atom. The van der Waals surface area contributed by atoms with Crippen molar-refractivity contribution in [3.8, 4) is 0 Å². The molecule has 1 atom stereocenters. The molecule has 0 aliphatic rings. The molecule has 82 valence electrons. The highest BCUT2D eigenvalue weighted by atomic mass is 32.1. The number of thiophene rings is 1. The number of rotatable bonds is 4. The van der Waals surface area contributed by atoms with E-state index in [1.54, 1.807) is 6.92 Å². The first-order chi connectivity index (χ1) is 7.04. The molecular weight excluding hydrogens is 220 g/mol. The number of hydrogen-bond acceptors (Lipinski definition) is 5. The summed E-state index contributed by atoms with van der Waals surface area (Å²) in [4.78, 5) is 21.5. The summed E-state index contributed by atoms with van der Waals surface area (Å²) in [6.07, 6.45) is 0. The first-order valence-corrected chi connectivity index (χ1v) is 5.02. The minimum absolute atomic E-state index is 0.0724. The van der Waals surface area contributed by atoms with Crippen LogP contribution in [0.1, 0.15) is 16.6 Å². The Labute approximate surface area is 89.7 Å². The molecule has 1 amide bonds. The number of carbonyl (C=O) groups excluding carboxylic acids is 1. The van der Waals surface area contributed by atoms with Gasteiger partial charge in [-0.1, -0.05) is 11.3 Å². The molecule has 1 aromatic rings. The fourth-order valence-electron chi connectivity index (χ4n) is 0.888. The zero-order valence-electron chi connectivity index (χ0n) is 7.97. The van der Waals surface area contributed by atoms with Crippen LogP contribution in [0.25, 0.3) is 0 Å². The summed E-state index contributed by atoms with van der Waals surface area (Å²) in [6.45, 7) is 1.47. The summed E-state index contributed by atoms with van der Waals surface area (Å²) in [6, 6.07) is 2.31. The minimum atomic E-state index is -0.545. The van der Waals surface area contributed by atoms with Crippen LogP contribution in [0.3, 0.4) is 0 Å². The van der Waals surface area contributed by atoms with Gasteiger partial charge >= 0.3 is 5.00 Å². The van der Waals surface area contributed by atoms with Crippen LogP contribution in [0.4, 0.5) is 5.00 Å². The molecule has 0 spiro atoms. The topological polar surface area (TPSA) is 92.5 Å². The number of nitro groups is 1. The molecule has 1 aromatic heterocycles. The summed E-state index contributed by atoms with van der Waals surface area (Å²) in [5.74, 6) is -0.408. The number of amides is 1. The molecule has 1 heterocycles. The van der Waals surface area contributed by atoms with Gasteiger partial charge < -0.3 is 10.4 Å². The van der Waals surface area contributed by atoms with Gasteiger partial charge in [-0.05, 0) is 13.0 Å². The third-order valence-corrected chi connectivity index (χ3v) is 2.68. The van der Waals surface area contributed by atoms with Crippen molar-refractivity contribution in [1.82, 2.24) is 5.32 Å². The maximum Gasteiger partial charge on any atom is 0.324 e. The number of aliphatic hydroxyl groups is 1. The first kappa shape index (κ1) is 11.6. The molecule has 2 N–H and O–H groups in total. The second-order valence-electron chi connectivity index (χ2n) is 2.95. The largest absolute Gasteiger partial charge is 0.394 e. The third kappa shape index (κ3) is 3.00. The van der Waals surface area contributed by atoms with Gasteiger partial charge in [0.1, 0.15) is 0 Å². The van der Waals surface area contributed by atoms with E-state index in [2.05, 4.69) is 5.32 Å². The maximum atomic E-state index is 11.4. The van der Waals surface area contributed by atoms with Crippen LogP contribution < -0.4 is 5.32 Å². The van der Waals surface area contributed by atoms with Crippen molar-refractivity contribution < 1.29 is 14.8 Å². The third-order valence-electron chi connectivity index (χ3n) is 1.65. The molecule has 0 saturated heterocycles. The van der Waals surface area contributed by atoms with Crippen molar-refractivity contribution in [2.75, 3.05) is 6.61 Å². The molecule has 0 aliphatic heterocycles. The van der Waals surface area contributed by atoms with Crippen LogP contribution in [-0.2, 0) is 0 Å². The number of nitrogens with zero attached hydrogens (tertiary/aromatic N) is 1. The van der Waals surface area contributed by atoms with Crippen LogP contribution in [0.5, 0.6) is 0 Å². The van der Waals surface area contributed by atoms with Gasteiger partial charge in [0.15, 0.2) is 0 Å². The van der Waals surface area contributed by atoms with E-state index in [1.807, 2.05) is 0 Å². The minimum Gasteiger partial charge on any atom is -0.394 e. The Morgan fingerprint density at radius 3 is 2.87 bits per heavy atom. The van der Waals surface area contributed by atoms with Crippen LogP contribution in [0.2, 0.25) is 0 Å². The van der Waals surface area contributed by atoms with Gasteiger partial charge in [-0.3, -0.25) is 14.9 Å². The van der Waals surface area contributed by atoms with Crippen molar-refractivity contribution in [2.45, 2.75) is 13.0 Å². The lowest BCUT2D eigenvalue weighted by Gasteiger charge is -2.08. The number of nitrogens with one attached hydrogen (secondary N) is 1. The zero-order chi connectivity index (χ0) is 11.4. The van der Waals surface area contributed by atoms with Crippen molar-refractivity contribution in [3.05, 3.63) is 27.1 Å². The monoisotopic (exact) mass is 230 g/mol. The highest BCUT2D eigenvalue weighted by molar-refractivity contribution is 7.17. The molecule has 0 fully saturated rings. The van der Waals surface area contributed by atoms with Gasteiger partial charge in [-0.2, -0.15) is 0 Å². The average Bonchev–Trinajstić information content (AvgIpc) is 2.66. The lowest BCUT2D eigenvalue weighted by Crippen LogP contribution is -2.34. The lowest BCUT2D eigenvalue weighted by atomic mass is 10.3. The Bertz CT molecular complexity index is 376. The summed E-state index contributed by atoms with van der Waals surface area (Å²) in [5.41, 5.74) is 0. The zero-order valence-corrected chi connectivity index (χ0v) is 8.78. The van der Waals surface area contributed by atoms with Gasteiger partial charge in [0.05, 0.1) is 16.4 Å². The van der Waals surface area contributed by atoms with Gasteiger partial charge in [-0.25, -0.2) is 0 Å². The molecule has 15 heavy (non-hydrogen) atoms. The number of carbonyl (C=O) groups is 1. The highest BCUT2D eigenvalue weighted by Gasteiger charge is 2.16. The molecule has 0 saturated carbocycles. The first-order valence-electron chi connectivity index (χ1n) is 4.20. The van der Waals surface area contributed by atoms with E-state index in [0.29, 0.717) is 0 Å². The summed E-state index contributed by atoms with van der Waals surface area (Å²) < 4.78 is 0. The van der Waals surface area contributed by atoms with Gasteiger partial charge in [0.2, 0.25) is 0 Å². The number of aliphatic hydroxyl groups excluding tert-OH is 1. The van der Waals surface area contributed by atoms with E-state index in [9.17, 15) is 14.9 Å². The van der Waals surface area contributed by atoms with Gasteiger partial charge in [0, 0.05) is 12.1 Å². The highest BCUT2D eigenvalue weighted by Crippen LogP contribution is 2.23. The van der Waals surface area contributed by atoms with E-state index in [0.717, 1.165) is 11.3 Å². The smallest absolute Gasteiger partial charge is 0.324 e. The van der Waals surface area contributed by atoms with Gasteiger partial charge in [-0.15, -0.1) is 0 Å². The molecule has 0 aliphatic carbocycles. The number of hydrogen-bond donors (Lipinski definition) is 2. The van der Waals surface area contributed by atoms with Gasteiger partial charge in [0.25, 0.3) is 5.91 Å². The Morgan fingerprint density at radius 2 is 2.40 bits per heavy atom. The molecular formula is C8H10N2O4S. The van der Waals surface area contributed by atoms with Crippen LogP contribution in [0, 0.1) is 10.1 Å². The molecule has 1 rings (SSSR count). The van der Waals surface area contributed by atoms with Crippen molar-refractivity contribution in [2.24, 2.45) is 0 Å². The molecule has 0 radical (unpaired) electrons. The normalized spacial score (nSPS) is 12.1. The van der Waals surface area contributed by atoms with E-state index in [1.165, 1.54) is 12.1 Å². The second kappa shape index (κ2) is 4.85. The van der Waals surface area contributed by atoms with E-state index >= 15 is 0 Å². The van der Waals surface area contributed by atoms with E-state index in [-0.39, 0.29) is 22.5 Å². The van der Waals surface area contributed by atoms with Crippen LogP contribution in [0.15, 0.2) is 12.1 Å². The fourth-order valence-corrected chi connectivity index (χ4v) is 1.61. The lowest BCUT2D eigenvalue weighted by molar-refractivity contribution is -0.380. The molecule has 1 unspecified atom stereocenters. The molecule has 6 nitrogen and oxygen atoms in total. The Balaban J connectivity index is 2.70. The summed E-state index contributed by atoms with van der Waals surface area (Å²) >= 11 is 0.809. The maximum absolute atomic E-state index is 11.4. The van der Waals surface area contributed by atoms with E-state index in [4.69, 9.17) is 5.11 Å². The fraction of sp³-hybridized carbons (Fsp3) is 0.375. The van der Waals surface area contributed by atoms with Crippen molar-refractivity contribution in [3.63, 3.8) is 0 Å². The molecule has 0 aromatic carbocycles. The Kier molecular flexibility index (Phi) is 3.75. The van der Waals surface area contributed by atoms with E-state index < -0.39 is 10.8 Å². The summed E-state index contributed by atoms with van der Waals surface area (Å²) in [5, 5.41) is 21.5. The SMILES string of the molecule is CC(CO)NC(=O)c1ccc([N+](=O)[O-])s1. The van der Waals surface area contributed by atoms with Crippen LogP contribution >= 0.6 is 11.3 Å².